The summed E-state index contributed by atoms with van der Waals surface area (Å²) in [6.45, 7) is 0.616. The molecule has 2 aliphatic rings. The number of nitrogens with zero attached hydrogens (tertiary/aromatic N) is 1. The Morgan fingerprint density at radius 1 is 1.17 bits per heavy atom. The van der Waals surface area contributed by atoms with Gasteiger partial charge in [-0.15, -0.1) is 0 Å². The number of methoxy groups -OCH3 is 1. The van der Waals surface area contributed by atoms with Crippen LogP contribution < -0.4 is 9.46 Å². The highest BCUT2D eigenvalue weighted by atomic mass is 35.5. The summed E-state index contributed by atoms with van der Waals surface area (Å²) in [6, 6.07) is 12.0. The fourth-order valence-electron chi connectivity index (χ4n) is 3.74. The van der Waals surface area contributed by atoms with E-state index in [9.17, 15) is 13.2 Å². The van der Waals surface area contributed by atoms with E-state index in [2.05, 4.69) is 4.72 Å². The van der Waals surface area contributed by atoms with Gasteiger partial charge in [0.25, 0.3) is 5.91 Å². The molecule has 1 saturated heterocycles. The third-order valence-electron chi connectivity index (χ3n) is 5.35. The Morgan fingerprint density at radius 3 is 2.66 bits per heavy atom. The molecule has 29 heavy (non-hydrogen) atoms. The maximum absolute atomic E-state index is 13.3. The van der Waals surface area contributed by atoms with Crippen LogP contribution in [0.4, 0.5) is 0 Å². The zero-order valence-corrected chi connectivity index (χ0v) is 17.7. The molecule has 0 spiro atoms. The summed E-state index contributed by atoms with van der Waals surface area (Å²) in [6.07, 6.45) is 3.38. The summed E-state index contributed by atoms with van der Waals surface area (Å²) in [5.74, 6) is 0.0283. The van der Waals surface area contributed by atoms with Crippen molar-refractivity contribution in [3.63, 3.8) is 0 Å². The molecule has 0 radical (unpaired) electrons. The van der Waals surface area contributed by atoms with Gasteiger partial charge in [0.15, 0.2) is 0 Å². The van der Waals surface area contributed by atoms with Crippen LogP contribution in [0.5, 0.6) is 5.75 Å². The Balaban J connectivity index is 1.65. The maximum Gasteiger partial charge on any atom is 0.254 e. The lowest BCUT2D eigenvalue weighted by atomic mass is 10.0. The predicted molar refractivity (Wildman–Crippen MR) is 111 cm³/mol. The van der Waals surface area contributed by atoms with Crippen molar-refractivity contribution in [2.75, 3.05) is 13.7 Å². The first kappa shape index (κ1) is 20.2. The number of ether oxygens (including phenoxy) is 1. The van der Waals surface area contributed by atoms with Crippen LogP contribution in [0.2, 0.25) is 5.02 Å². The topological polar surface area (TPSA) is 75.7 Å². The van der Waals surface area contributed by atoms with Crippen LogP contribution in [0, 0.1) is 0 Å². The summed E-state index contributed by atoms with van der Waals surface area (Å²) >= 11 is 6.13. The molecule has 8 heteroatoms. The molecule has 1 N–H and O–H groups in total. The standard InChI is InChI=1S/C21H23ClN2O4S/c1-28-19-10-7-15(13-20(19)29(26,27)23-17-8-9-17)21(25)24-11-3-6-18(24)14-4-2-5-16(22)12-14/h2,4-5,7,10,12-13,17-18,23H,3,6,8-9,11H2,1H3. The summed E-state index contributed by atoms with van der Waals surface area (Å²) in [4.78, 5) is 15.1. The van der Waals surface area contributed by atoms with Crippen molar-refractivity contribution in [2.45, 2.75) is 42.7 Å². The zero-order valence-electron chi connectivity index (χ0n) is 16.1. The summed E-state index contributed by atoms with van der Waals surface area (Å²) in [5, 5.41) is 0.630. The van der Waals surface area contributed by atoms with E-state index in [0.29, 0.717) is 17.1 Å². The van der Waals surface area contributed by atoms with E-state index < -0.39 is 10.0 Å². The molecule has 2 aromatic rings. The van der Waals surface area contributed by atoms with Crippen molar-refractivity contribution in [1.82, 2.24) is 9.62 Å². The number of sulfonamides is 1. The maximum atomic E-state index is 13.3. The predicted octanol–water partition coefficient (Wildman–Crippen LogP) is 3.77. The van der Waals surface area contributed by atoms with E-state index >= 15 is 0 Å². The number of carbonyl (C=O) groups is 1. The molecule has 1 aliphatic carbocycles. The number of hydrogen-bond acceptors (Lipinski definition) is 4. The largest absolute Gasteiger partial charge is 0.495 e. The van der Waals surface area contributed by atoms with Crippen LogP contribution >= 0.6 is 11.6 Å². The lowest BCUT2D eigenvalue weighted by Gasteiger charge is -2.25. The Hall–Kier alpha value is -2.09. The van der Waals surface area contributed by atoms with Gasteiger partial charge in [0.2, 0.25) is 10.0 Å². The van der Waals surface area contributed by atoms with E-state index in [1.165, 1.54) is 13.2 Å². The van der Waals surface area contributed by atoms with Crippen LogP contribution in [0.25, 0.3) is 0 Å². The quantitative estimate of drug-likeness (QED) is 0.750. The van der Waals surface area contributed by atoms with Gasteiger partial charge in [-0.25, -0.2) is 13.1 Å². The number of likely N-dealkylation sites (tertiary alicyclic amines) is 1. The lowest BCUT2D eigenvalue weighted by Crippen LogP contribution is -2.31. The summed E-state index contributed by atoms with van der Waals surface area (Å²) < 4.78 is 33.4. The van der Waals surface area contributed by atoms with Crippen molar-refractivity contribution in [2.24, 2.45) is 0 Å². The van der Waals surface area contributed by atoms with Crippen LogP contribution in [0.15, 0.2) is 47.4 Å². The lowest BCUT2D eigenvalue weighted by molar-refractivity contribution is 0.0735. The molecule has 154 valence electrons. The van der Waals surface area contributed by atoms with Crippen molar-refractivity contribution >= 4 is 27.5 Å². The van der Waals surface area contributed by atoms with Crippen molar-refractivity contribution in [1.29, 1.82) is 0 Å². The van der Waals surface area contributed by atoms with Gasteiger partial charge >= 0.3 is 0 Å². The van der Waals surface area contributed by atoms with Crippen molar-refractivity contribution < 1.29 is 17.9 Å². The minimum Gasteiger partial charge on any atom is -0.495 e. The molecule has 0 bridgehead atoms. The number of rotatable bonds is 6. The monoisotopic (exact) mass is 434 g/mol. The second-order valence-electron chi connectivity index (χ2n) is 7.47. The van der Waals surface area contributed by atoms with E-state index in [0.717, 1.165) is 31.2 Å². The first-order valence-corrected chi connectivity index (χ1v) is 11.5. The van der Waals surface area contributed by atoms with Gasteiger partial charge in [-0.05, 0) is 61.6 Å². The molecular formula is C21H23ClN2O4S. The SMILES string of the molecule is COc1ccc(C(=O)N2CCCC2c2cccc(Cl)c2)cc1S(=O)(=O)NC1CC1. The molecule has 2 aromatic carbocycles. The minimum atomic E-state index is -3.75. The molecule has 0 aromatic heterocycles. The van der Waals surface area contributed by atoms with Gasteiger partial charge in [-0.3, -0.25) is 4.79 Å². The van der Waals surface area contributed by atoms with Gasteiger partial charge in [0.05, 0.1) is 13.2 Å². The number of halogens is 1. The molecule has 1 saturated carbocycles. The highest BCUT2D eigenvalue weighted by Gasteiger charge is 2.33. The zero-order chi connectivity index (χ0) is 20.6. The third-order valence-corrected chi connectivity index (χ3v) is 7.12. The second-order valence-corrected chi connectivity index (χ2v) is 9.59. The van der Waals surface area contributed by atoms with Crippen LogP contribution in [0.1, 0.15) is 47.6 Å². The number of hydrogen-bond donors (Lipinski definition) is 1. The van der Waals surface area contributed by atoms with Gasteiger partial charge in [-0.2, -0.15) is 0 Å². The smallest absolute Gasteiger partial charge is 0.254 e. The molecular weight excluding hydrogens is 412 g/mol. The van der Waals surface area contributed by atoms with Gasteiger partial charge in [0.1, 0.15) is 10.6 Å². The summed E-state index contributed by atoms with van der Waals surface area (Å²) in [7, 11) is -2.33. The first-order chi connectivity index (χ1) is 13.9. The second kappa shape index (κ2) is 7.97. The Labute approximate surface area is 175 Å². The van der Waals surface area contributed by atoms with E-state index in [1.807, 2.05) is 18.2 Å². The Bertz CT molecular complexity index is 1040. The highest BCUT2D eigenvalue weighted by molar-refractivity contribution is 7.89. The highest BCUT2D eigenvalue weighted by Crippen LogP contribution is 2.35. The average molecular weight is 435 g/mol. The molecule has 1 amide bonds. The summed E-state index contributed by atoms with van der Waals surface area (Å²) in [5.41, 5.74) is 1.32. The normalized spacial score (nSPS) is 19.4. The molecule has 4 rings (SSSR count). The van der Waals surface area contributed by atoms with E-state index in [-0.39, 0.29) is 28.6 Å². The van der Waals surface area contributed by atoms with Crippen LogP contribution in [-0.2, 0) is 10.0 Å². The molecule has 6 nitrogen and oxygen atoms in total. The first-order valence-electron chi connectivity index (χ1n) is 9.66. The van der Waals surface area contributed by atoms with E-state index in [4.69, 9.17) is 16.3 Å². The Kier molecular flexibility index (Phi) is 5.55. The average Bonchev–Trinajstić information content (AvgIpc) is 3.37. The van der Waals surface area contributed by atoms with Crippen LogP contribution in [0.3, 0.4) is 0 Å². The Morgan fingerprint density at radius 2 is 1.97 bits per heavy atom. The molecule has 1 heterocycles. The van der Waals surface area contributed by atoms with Gasteiger partial charge < -0.3 is 9.64 Å². The van der Waals surface area contributed by atoms with E-state index in [1.54, 1.807) is 23.1 Å². The van der Waals surface area contributed by atoms with Crippen molar-refractivity contribution in [3.8, 4) is 5.75 Å². The minimum absolute atomic E-state index is 0.00347. The third kappa shape index (κ3) is 4.27. The van der Waals surface area contributed by atoms with Gasteiger partial charge in [0, 0.05) is 23.2 Å². The number of nitrogens with one attached hydrogen (secondary N) is 1. The fourth-order valence-corrected chi connectivity index (χ4v) is 5.44. The number of amides is 1. The molecule has 1 atom stereocenters. The number of carbonyl (C=O) groups excluding carboxylic acids is 1. The molecule has 1 aliphatic heterocycles. The van der Waals surface area contributed by atoms with Crippen LogP contribution in [-0.4, -0.2) is 38.9 Å². The number of benzene rings is 2. The van der Waals surface area contributed by atoms with Gasteiger partial charge in [-0.1, -0.05) is 23.7 Å². The van der Waals surface area contributed by atoms with Crippen molar-refractivity contribution in [3.05, 3.63) is 58.6 Å². The fraction of sp³-hybridized carbons (Fsp3) is 0.381. The molecule has 1 unspecified atom stereocenters. The molecule has 2 fully saturated rings.